The summed E-state index contributed by atoms with van der Waals surface area (Å²) in [4.78, 5) is 11.8. The van der Waals surface area contributed by atoms with E-state index in [2.05, 4.69) is 21.2 Å². The Morgan fingerprint density at radius 2 is 2.05 bits per heavy atom. The minimum Gasteiger partial charge on any atom is -0.494 e. The van der Waals surface area contributed by atoms with E-state index in [0.717, 1.165) is 31.0 Å². The van der Waals surface area contributed by atoms with Crippen molar-refractivity contribution in [2.24, 2.45) is 0 Å². The van der Waals surface area contributed by atoms with Crippen LogP contribution in [0.25, 0.3) is 0 Å². The van der Waals surface area contributed by atoms with Crippen LogP contribution < -0.4 is 10.1 Å². The second-order valence-electron chi connectivity index (χ2n) is 4.21. The largest absolute Gasteiger partial charge is 0.494 e. The van der Waals surface area contributed by atoms with Crippen molar-refractivity contribution >= 4 is 21.8 Å². The summed E-state index contributed by atoms with van der Waals surface area (Å²) in [5.41, 5.74) is 0.318. The van der Waals surface area contributed by atoms with E-state index in [1.807, 2.05) is 0 Å². The molecule has 0 radical (unpaired) electrons. The molecule has 0 aliphatic carbocycles. The van der Waals surface area contributed by atoms with Crippen molar-refractivity contribution < 1.29 is 13.9 Å². The van der Waals surface area contributed by atoms with Crippen LogP contribution in [0, 0.1) is 5.82 Å². The van der Waals surface area contributed by atoms with Crippen LogP contribution in [0.2, 0.25) is 0 Å². The first-order valence-corrected chi connectivity index (χ1v) is 7.49. The number of hydrogen-bond acceptors (Lipinski definition) is 2. The Labute approximate surface area is 121 Å². The smallest absolute Gasteiger partial charge is 0.251 e. The van der Waals surface area contributed by atoms with E-state index in [0.29, 0.717) is 12.1 Å². The van der Waals surface area contributed by atoms with E-state index >= 15 is 0 Å². The number of hydrogen-bond donors (Lipinski definition) is 1. The monoisotopic (exact) mass is 331 g/mol. The predicted molar refractivity (Wildman–Crippen MR) is 77.5 cm³/mol. The number of nitrogens with one attached hydrogen (secondary N) is 1. The van der Waals surface area contributed by atoms with Crippen molar-refractivity contribution in [2.45, 2.75) is 25.7 Å². The summed E-state index contributed by atoms with van der Waals surface area (Å²) in [5, 5.41) is 3.80. The summed E-state index contributed by atoms with van der Waals surface area (Å²) in [6.45, 7) is 0.620. The first-order chi connectivity index (χ1) is 9.19. The quantitative estimate of drug-likeness (QED) is 0.584. The molecule has 0 fully saturated rings. The third kappa shape index (κ3) is 5.59. The summed E-state index contributed by atoms with van der Waals surface area (Å²) in [6, 6.07) is 4.21. The molecule has 0 saturated carbocycles. The highest BCUT2D eigenvalue weighted by atomic mass is 79.9. The second-order valence-corrected chi connectivity index (χ2v) is 5.00. The third-order valence-electron chi connectivity index (χ3n) is 2.76. The molecule has 0 aliphatic heterocycles. The Balaban J connectivity index is 2.35. The average molecular weight is 332 g/mol. The summed E-state index contributed by atoms with van der Waals surface area (Å²) in [5.74, 6) is -0.624. The summed E-state index contributed by atoms with van der Waals surface area (Å²) < 4.78 is 18.2. The lowest BCUT2D eigenvalue weighted by atomic mass is 10.2. The molecule has 0 atom stereocenters. The maximum atomic E-state index is 13.4. The molecule has 0 aromatic heterocycles. The van der Waals surface area contributed by atoms with Gasteiger partial charge in [-0.15, -0.1) is 0 Å². The molecular weight excluding hydrogens is 313 g/mol. The molecule has 1 rings (SSSR count). The van der Waals surface area contributed by atoms with E-state index in [1.165, 1.54) is 19.2 Å². The first kappa shape index (κ1) is 16.0. The van der Waals surface area contributed by atoms with Crippen molar-refractivity contribution in [1.82, 2.24) is 5.32 Å². The fourth-order valence-corrected chi connectivity index (χ4v) is 2.08. The number of benzene rings is 1. The van der Waals surface area contributed by atoms with Gasteiger partial charge in [-0.1, -0.05) is 28.8 Å². The van der Waals surface area contributed by atoms with Crippen molar-refractivity contribution in [2.75, 3.05) is 19.0 Å². The lowest BCUT2D eigenvalue weighted by Gasteiger charge is -2.07. The Morgan fingerprint density at radius 1 is 1.32 bits per heavy atom. The zero-order chi connectivity index (χ0) is 14.1. The Kier molecular flexibility index (Phi) is 7.48. The standard InChI is InChI=1S/C14H19BrFNO2/c1-19-13-7-6-11(10-12(13)16)14(18)17-9-5-3-2-4-8-15/h6-7,10H,2-5,8-9H2,1H3,(H,17,18). The van der Waals surface area contributed by atoms with Crippen LogP contribution in [-0.4, -0.2) is 24.9 Å². The average Bonchev–Trinajstić information content (AvgIpc) is 2.42. The molecule has 106 valence electrons. The molecule has 0 spiro atoms. The second kappa shape index (κ2) is 8.91. The highest BCUT2D eigenvalue weighted by Crippen LogP contribution is 2.17. The summed E-state index contributed by atoms with van der Waals surface area (Å²) >= 11 is 3.38. The Morgan fingerprint density at radius 3 is 2.68 bits per heavy atom. The number of ether oxygens (including phenoxy) is 1. The van der Waals surface area contributed by atoms with Gasteiger partial charge >= 0.3 is 0 Å². The maximum Gasteiger partial charge on any atom is 0.251 e. The normalized spacial score (nSPS) is 10.3. The van der Waals surface area contributed by atoms with E-state index in [9.17, 15) is 9.18 Å². The number of halogens is 2. The van der Waals surface area contributed by atoms with Crippen LogP contribution in [-0.2, 0) is 0 Å². The zero-order valence-corrected chi connectivity index (χ0v) is 12.6. The van der Waals surface area contributed by atoms with E-state index in [-0.39, 0.29) is 11.7 Å². The van der Waals surface area contributed by atoms with E-state index < -0.39 is 5.82 Å². The lowest BCUT2D eigenvalue weighted by Crippen LogP contribution is -2.24. The summed E-state index contributed by atoms with van der Waals surface area (Å²) in [6.07, 6.45) is 4.33. The summed E-state index contributed by atoms with van der Waals surface area (Å²) in [7, 11) is 1.39. The first-order valence-electron chi connectivity index (χ1n) is 6.36. The zero-order valence-electron chi connectivity index (χ0n) is 11.0. The van der Waals surface area contributed by atoms with Gasteiger partial charge in [0.05, 0.1) is 7.11 Å². The van der Waals surface area contributed by atoms with Gasteiger partial charge in [-0.25, -0.2) is 4.39 Å². The molecule has 19 heavy (non-hydrogen) atoms. The van der Waals surface area contributed by atoms with Gasteiger partial charge in [-0.05, 0) is 31.0 Å². The van der Waals surface area contributed by atoms with Crippen LogP contribution >= 0.6 is 15.9 Å². The highest BCUT2D eigenvalue weighted by molar-refractivity contribution is 9.09. The molecule has 0 saturated heterocycles. The molecular formula is C14H19BrFNO2. The molecule has 0 aliphatic rings. The van der Waals surface area contributed by atoms with Gasteiger partial charge < -0.3 is 10.1 Å². The molecule has 1 amide bonds. The van der Waals surface area contributed by atoms with Gasteiger partial charge in [-0.3, -0.25) is 4.79 Å². The maximum absolute atomic E-state index is 13.4. The molecule has 0 unspecified atom stereocenters. The van der Waals surface area contributed by atoms with Crippen molar-refractivity contribution in [3.8, 4) is 5.75 Å². The Bertz CT molecular complexity index is 412. The molecule has 0 heterocycles. The van der Waals surface area contributed by atoms with Crippen molar-refractivity contribution in [3.63, 3.8) is 0 Å². The van der Waals surface area contributed by atoms with Crippen molar-refractivity contribution in [3.05, 3.63) is 29.6 Å². The number of rotatable bonds is 8. The van der Waals surface area contributed by atoms with E-state index in [1.54, 1.807) is 6.07 Å². The fraction of sp³-hybridized carbons (Fsp3) is 0.500. The highest BCUT2D eigenvalue weighted by Gasteiger charge is 2.09. The van der Waals surface area contributed by atoms with Crippen LogP contribution in [0.3, 0.4) is 0 Å². The van der Waals surface area contributed by atoms with Gasteiger partial charge in [0.15, 0.2) is 11.6 Å². The number of carbonyl (C=O) groups excluding carboxylic acids is 1. The van der Waals surface area contributed by atoms with E-state index in [4.69, 9.17) is 4.74 Å². The van der Waals surface area contributed by atoms with Gasteiger partial charge in [0.25, 0.3) is 5.91 Å². The van der Waals surface area contributed by atoms with Gasteiger partial charge in [0.1, 0.15) is 0 Å². The van der Waals surface area contributed by atoms with Gasteiger partial charge in [0.2, 0.25) is 0 Å². The predicted octanol–water partition coefficient (Wildman–Crippen LogP) is 3.52. The molecule has 1 aromatic carbocycles. The molecule has 1 N–H and O–H groups in total. The topological polar surface area (TPSA) is 38.3 Å². The molecule has 0 bridgehead atoms. The van der Waals surface area contributed by atoms with Crippen LogP contribution in [0.15, 0.2) is 18.2 Å². The number of carbonyl (C=O) groups is 1. The lowest BCUT2D eigenvalue weighted by molar-refractivity contribution is 0.0952. The number of unbranched alkanes of at least 4 members (excludes halogenated alkanes) is 3. The number of alkyl halides is 1. The van der Waals surface area contributed by atoms with Crippen LogP contribution in [0.4, 0.5) is 4.39 Å². The van der Waals surface area contributed by atoms with Crippen molar-refractivity contribution in [1.29, 1.82) is 0 Å². The molecule has 5 heteroatoms. The van der Waals surface area contributed by atoms with Gasteiger partial charge in [0, 0.05) is 17.4 Å². The van der Waals surface area contributed by atoms with Crippen LogP contribution in [0.1, 0.15) is 36.0 Å². The van der Waals surface area contributed by atoms with Gasteiger partial charge in [-0.2, -0.15) is 0 Å². The minimum absolute atomic E-state index is 0.145. The number of amides is 1. The molecule has 3 nitrogen and oxygen atoms in total. The number of methoxy groups -OCH3 is 1. The molecule has 1 aromatic rings. The fourth-order valence-electron chi connectivity index (χ4n) is 1.68. The SMILES string of the molecule is COc1ccc(C(=O)NCCCCCCBr)cc1F. The van der Waals surface area contributed by atoms with Crippen LogP contribution in [0.5, 0.6) is 5.75 Å². The third-order valence-corrected chi connectivity index (χ3v) is 3.32. The minimum atomic E-state index is -0.521. The Hall–Kier alpha value is -1.10.